The molecular weight excluding hydrogens is 256 g/mol. The fourth-order valence-corrected chi connectivity index (χ4v) is 2.99. The lowest BCUT2D eigenvalue weighted by atomic mass is 10.1. The molecule has 0 saturated carbocycles. The number of non-ortho nitro benzene ring substituents is 1. The Kier molecular flexibility index (Phi) is 3.78. The first-order chi connectivity index (χ1) is 8.01. The molecular formula is C11H16N2O4S. The molecule has 0 aliphatic carbocycles. The second-order valence-electron chi connectivity index (χ2n) is 5.12. The molecule has 0 bridgehead atoms. The first-order valence-electron chi connectivity index (χ1n) is 5.31. The van der Waals surface area contributed by atoms with Crippen molar-refractivity contribution in [2.45, 2.75) is 38.1 Å². The third-order valence-electron chi connectivity index (χ3n) is 2.00. The Morgan fingerprint density at radius 1 is 1.22 bits per heavy atom. The summed E-state index contributed by atoms with van der Waals surface area (Å²) in [7, 11) is -3.75. The molecule has 0 aromatic heterocycles. The van der Waals surface area contributed by atoms with Gasteiger partial charge in [0, 0.05) is 17.7 Å². The third kappa shape index (κ3) is 3.78. The van der Waals surface area contributed by atoms with Crippen molar-refractivity contribution in [1.82, 2.24) is 4.72 Å². The van der Waals surface area contributed by atoms with E-state index in [2.05, 4.69) is 4.72 Å². The second kappa shape index (κ2) is 4.66. The average molecular weight is 272 g/mol. The van der Waals surface area contributed by atoms with Crippen LogP contribution in [0.2, 0.25) is 0 Å². The number of nitrogens with zero attached hydrogens (tertiary/aromatic N) is 1. The molecule has 0 spiro atoms. The average Bonchev–Trinajstić information content (AvgIpc) is 2.12. The maximum absolute atomic E-state index is 12.0. The van der Waals surface area contributed by atoms with Crippen LogP contribution in [0.5, 0.6) is 0 Å². The molecule has 0 atom stereocenters. The van der Waals surface area contributed by atoms with Crippen molar-refractivity contribution in [3.63, 3.8) is 0 Å². The zero-order chi connectivity index (χ0) is 14.1. The largest absolute Gasteiger partial charge is 0.271 e. The van der Waals surface area contributed by atoms with Gasteiger partial charge < -0.3 is 0 Å². The highest BCUT2D eigenvalue weighted by molar-refractivity contribution is 7.89. The van der Waals surface area contributed by atoms with E-state index >= 15 is 0 Å². The summed E-state index contributed by atoms with van der Waals surface area (Å²) < 4.78 is 26.5. The standard InChI is InChI=1S/C11H16N2O4S/c1-8-5-9(13(14)15)7-10(6-8)18(16,17)12-11(2,3)4/h5-7,12H,1-4H3. The molecule has 18 heavy (non-hydrogen) atoms. The van der Waals surface area contributed by atoms with E-state index in [1.807, 2.05) is 0 Å². The molecule has 0 saturated heterocycles. The van der Waals surface area contributed by atoms with Gasteiger partial charge in [0.2, 0.25) is 10.0 Å². The quantitative estimate of drug-likeness (QED) is 0.673. The van der Waals surface area contributed by atoms with Crippen LogP contribution in [0.3, 0.4) is 0 Å². The maximum Gasteiger partial charge on any atom is 0.271 e. The van der Waals surface area contributed by atoms with Crippen LogP contribution in [0, 0.1) is 17.0 Å². The normalized spacial score (nSPS) is 12.4. The van der Waals surface area contributed by atoms with Gasteiger partial charge in [-0.15, -0.1) is 0 Å². The molecule has 1 rings (SSSR count). The summed E-state index contributed by atoms with van der Waals surface area (Å²) in [4.78, 5) is 10.0. The molecule has 100 valence electrons. The zero-order valence-electron chi connectivity index (χ0n) is 10.7. The summed E-state index contributed by atoms with van der Waals surface area (Å²) in [5, 5.41) is 10.7. The lowest BCUT2D eigenvalue weighted by Gasteiger charge is -2.20. The van der Waals surface area contributed by atoms with Crippen molar-refractivity contribution in [2.24, 2.45) is 0 Å². The van der Waals surface area contributed by atoms with Crippen LogP contribution < -0.4 is 4.72 Å². The van der Waals surface area contributed by atoms with E-state index in [1.165, 1.54) is 12.1 Å². The van der Waals surface area contributed by atoms with Crippen molar-refractivity contribution < 1.29 is 13.3 Å². The molecule has 0 aliphatic rings. The van der Waals surface area contributed by atoms with Gasteiger partial charge in [0.1, 0.15) is 0 Å². The van der Waals surface area contributed by atoms with Gasteiger partial charge in [-0.05, 0) is 39.3 Å². The first kappa shape index (κ1) is 14.6. The SMILES string of the molecule is Cc1cc([N+](=O)[O-])cc(S(=O)(=O)NC(C)(C)C)c1. The van der Waals surface area contributed by atoms with Gasteiger partial charge >= 0.3 is 0 Å². The zero-order valence-corrected chi connectivity index (χ0v) is 11.5. The lowest BCUT2D eigenvalue weighted by molar-refractivity contribution is -0.385. The molecule has 1 N–H and O–H groups in total. The number of hydrogen-bond donors (Lipinski definition) is 1. The highest BCUT2D eigenvalue weighted by Gasteiger charge is 2.24. The number of nitrogens with one attached hydrogen (secondary N) is 1. The van der Waals surface area contributed by atoms with Gasteiger partial charge in [-0.1, -0.05) is 0 Å². The monoisotopic (exact) mass is 272 g/mol. The van der Waals surface area contributed by atoms with Gasteiger partial charge in [-0.3, -0.25) is 10.1 Å². The highest BCUT2D eigenvalue weighted by Crippen LogP contribution is 2.21. The van der Waals surface area contributed by atoms with Crippen molar-refractivity contribution >= 4 is 15.7 Å². The van der Waals surface area contributed by atoms with E-state index in [0.29, 0.717) is 5.56 Å². The minimum absolute atomic E-state index is 0.0934. The number of nitro groups is 1. The molecule has 0 heterocycles. The van der Waals surface area contributed by atoms with Crippen LogP contribution in [-0.2, 0) is 10.0 Å². The Hall–Kier alpha value is -1.47. The molecule has 0 fully saturated rings. The second-order valence-corrected chi connectivity index (χ2v) is 6.80. The van der Waals surface area contributed by atoms with Gasteiger partial charge in [0.15, 0.2) is 0 Å². The van der Waals surface area contributed by atoms with Gasteiger partial charge in [-0.2, -0.15) is 0 Å². The lowest BCUT2D eigenvalue weighted by Crippen LogP contribution is -2.40. The van der Waals surface area contributed by atoms with Crippen LogP contribution in [-0.4, -0.2) is 18.9 Å². The Morgan fingerprint density at radius 3 is 2.22 bits per heavy atom. The number of rotatable bonds is 3. The number of nitro benzene ring substituents is 1. The van der Waals surface area contributed by atoms with Crippen molar-refractivity contribution in [1.29, 1.82) is 0 Å². The summed E-state index contributed by atoms with van der Waals surface area (Å²) in [5.41, 5.74) is -0.347. The van der Waals surface area contributed by atoms with E-state index in [-0.39, 0.29) is 10.6 Å². The fourth-order valence-electron chi connectivity index (χ4n) is 1.45. The minimum atomic E-state index is -3.75. The Bertz CT molecular complexity index is 573. The smallest absolute Gasteiger partial charge is 0.258 e. The van der Waals surface area contributed by atoms with Gasteiger partial charge in [0.05, 0.1) is 9.82 Å². The van der Waals surface area contributed by atoms with Crippen LogP contribution in [0.25, 0.3) is 0 Å². The summed E-state index contributed by atoms with van der Waals surface area (Å²) in [6.07, 6.45) is 0. The van der Waals surface area contributed by atoms with E-state index in [0.717, 1.165) is 6.07 Å². The van der Waals surface area contributed by atoms with Crippen molar-refractivity contribution in [2.75, 3.05) is 0 Å². The summed E-state index contributed by atoms with van der Waals surface area (Å²) in [6, 6.07) is 3.79. The predicted molar refractivity (Wildman–Crippen MR) is 67.9 cm³/mol. The van der Waals surface area contributed by atoms with Gasteiger partial charge in [0.25, 0.3) is 5.69 Å². The summed E-state index contributed by atoms with van der Waals surface area (Å²) in [6.45, 7) is 6.72. The molecule has 1 aromatic rings. The number of sulfonamides is 1. The molecule has 0 unspecified atom stereocenters. The van der Waals surface area contributed by atoms with Gasteiger partial charge in [-0.25, -0.2) is 13.1 Å². The number of hydrogen-bond acceptors (Lipinski definition) is 4. The molecule has 0 amide bonds. The van der Waals surface area contributed by atoms with E-state index in [4.69, 9.17) is 0 Å². The van der Waals surface area contributed by atoms with Crippen LogP contribution in [0.15, 0.2) is 23.1 Å². The Labute approximate surface area is 106 Å². The molecule has 1 aromatic carbocycles. The van der Waals surface area contributed by atoms with Crippen molar-refractivity contribution in [3.8, 4) is 0 Å². The Balaban J connectivity index is 3.29. The Morgan fingerprint density at radius 2 is 1.78 bits per heavy atom. The molecule has 0 aliphatic heterocycles. The summed E-state index contributed by atoms with van der Waals surface area (Å²) in [5.74, 6) is 0. The maximum atomic E-state index is 12.0. The van der Waals surface area contributed by atoms with E-state index in [9.17, 15) is 18.5 Å². The van der Waals surface area contributed by atoms with E-state index < -0.39 is 20.5 Å². The predicted octanol–water partition coefficient (Wildman–Crippen LogP) is 1.98. The van der Waals surface area contributed by atoms with Crippen molar-refractivity contribution in [3.05, 3.63) is 33.9 Å². The fraction of sp³-hybridized carbons (Fsp3) is 0.455. The first-order valence-corrected chi connectivity index (χ1v) is 6.80. The number of benzene rings is 1. The molecule has 7 heteroatoms. The summed E-state index contributed by atoms with van der Waals surface area (Å²) >= 11 is 0. The minimum Gasteiger partial charge on any atom is -0.258 e. The molecule has 0 radical (unpaired) electrons. The topological polar surface area (TPSA) is 89.3 Å². The van der Waals surface area contributed by atoms with Crippen LogP contribution >= 0.6 is 0 Å². The highest BCUT2D eigenvalue weighted by atomic mass is 32.2. The number of aryl methyl sites for hydroxylation is 1. The third-order valence-corrected chi connectivity index (χ3v) is 3.73. The van der Waals surface area contributed by atoms with E-state index in [1.54, 1.807) is 27.7 Å². The van der Waals surface area contributed by atoms with Crippen LogP contribution in [0.4, 0.5) is 5.69 Å². The molecule has 6 nitrogen and oxygen atoms in total. The van der Waals surface area contributed by atoms with Crippen LogP contribution in [0.1, 0.15) is 26.3 Å².